The van der Waals surface area contributed by atoms with Gasteiger partial charge in [-0.05, 0) is 69.5 Å². The Morgan fingerprint density at radius 1 is 0.875 bits per heavy atom. The van der Waals surface area contributed by atoms with Gasteiger partial charge in [0.05, 0.1) is 16.6 Å². The molecule has 0 aliphatic heterocycles. The summed E-state index contributed by atoms with van der Waals surface area (Å²) in [6.45, 7) is 9.36. The second-order valence-corrected chi connectivity index (χ2v) is 10.1. The molecule has 1 N–H and O–H groups in total. The van der Waals surface area contributed by atoms with Crippen LogP contribution in [0.2, 0.25) is 0 Å². The van der Waals surface area contributed by atoms with E-state index in [0.29, 0.717) is 5.69 Å². The minimum atomic E-state index is -3.93. The number of rotatable bonds is 7. The van der Waals surface area contributed by atoms with Crippen molar-refractivity contribution >= 4 is 21.6 Å². The highest BCUT2D eigenvalue weighted by Gasteiger charge is 2.28. The molecular weight excluding hydrogens is 420 g/mol. The third-order valence-corrected chi connectivity index (χ3v) is 7.32. The zero-order valence-electron chi connectivity index (χ0n) is 19.2. The van der Waals surface area contributed by atoms with E-state index in [1.54, 1.807) is 36.4 Å². The number of aryl methyl sites for hydroxylation is 4. The van der Waals surface area contributed by atoms with Crippen LogP contribution in [0.1, 0.15) is 40.8 Å². The first-order chi connectivity index (χ1) is 15.1. The largest absolute Gasteiger partial charge is 0.348 e. The number of anilines is 1. The Morgan fingerprint density at radius 2 is 1.50 bits per heavy atom. The SMILES string of the molecule is Cc1ccc(S(=O)(=O)N(CC(=O)N[C@H](C)c2ccc(C)cc2C)c2ccccc2C)cc1. The quantitative estimate of drug-likeness (QED) is 0.551. The minimum absolute atomic E-state index is 0.154. The van der Waals surface area contributed by atoms with E-state index in [9.17, 15) is 13.2 Å². The summed E-state index contributed by atoms with van der Waals surface area (Å²) < 4.78 is 28.2. The molecule has 0 fully saturated rings. The maximum atomic E-state index is 13.5. The van der Waals surface area contributed by atoms with Crippen LogP contribution in [-0.2, 0) is 14.8 Å². The third-order valence-electron chi connectivity index (χ3n) is 5.55. The molecule has 0 aromatic heterocycles. The molecule has 3 aromatic carbocycles. The van der Waals surface area contributed by atoms with E-state index in [4.69, 9.17) is 0 Å². The lowest BCUT2D eigenvalue weighted by atomic mass is 10.0. The fourth-order valence-corrected chi connectivity index (χ4v) is 5.27. The number of amides is 1. The van der Waals surface area contributed by atoms with Gasteiger partial charge in [-0.25, -0.2) is 8.42 Å². The number of carbonyl (C=O) groups excluding carboxylic acids is 1. The Kier molecular flexibility index (Phi) is 7.04. The molecule has 0 unspecified atom stereocenters. The third kappa shape index (κ3) is 5.19. The van der Waals surface area contributed by atoms with Crippen LogP contribution in [0, 0.1) is 27.7 Å². The first kappa shape index (κ1) is 23.5. The summed E-state index contributed by atoms with van der Waals surface area (Å²) in [5, 5.41) is 2.96. The van der Waals surface area contributed by atoms with Crippen LogP contribution in [0.4, 0.5) is 5.69 Å². The van der Waals surface area contributed by atoms with E-state index in [-0.39, 0.29) is 23.4 Å². The topological polar surface area (TPSA) is 66.5 Å². The van der Waals surface area contributed by atoms with Crippen LogP contribution in [-0.4, -0.2) is 20.9 Å². The zero-order valence-corrected chi connectivity index (χ0v) is 20.0. The molecule has 0 radical (unpaired) electrons. The standard InChI is InChI=1S/C26H30N2O3S/c1-18-10-13-23(14-11-18)32(30,31)28(25-9-7-6-8-20(25)3)17-26(29)27-22(5)24-15-12-19(2)16-21(24)4/h6-16,22H,17H2,1-5H3,(H,27,29)/t22-/m1/s1. The fourth-order valence-electron chi connectivity index (χ4n) is 3.79. The maximum absolute atomic E-state index is 13.5. The second-order valence-electron chi connectivity index (χ2n) is 8.26. The molecule has 1 amide bonds. The van der Waals surface area contributed by atoms with Gasteiger partial charge in [0, 0.05) is 0 Å². The Morgan fingerprint density at radius 3 is 2.12 bits per heavy atom. The predicted molar refractivity (Wildman–Crippen MR) is 129 cm³/mol. The van der Waals surface area contributed by atoms with Crippen molar-refractivity contribution in [2.24, 2.45) is 0 Å². The summed E-state index contributed by atoms with van der Waals surface area (Å²) in [7, 11) is -3.93. The molecule has 168 valence electrons. The number of nitrogens with one attached hydrogen (secondary N) is 1. The van der Waals surface area contributed by atoms with Crippen molar-refractivity contribution in [3.05, 3.63) is 94.5 Å². The van der Waals surface area contributed by atoms with Crippen LogP contribution in [0.15, 0.2) is 71.6 Å². The molecule has 0 saturated heterocycles. The van der Waals surface area contributed by atoms with E-state index in [2.05, 4.69) is 11.4 Å². The number of nitrogens with zero attached hydrogens (tertiary/aromatic N) is 1. The van der Waals surface area contributed by atoms with Gasteiger partial charge >= 0.3 is 0 Å². The lowest BCUT2D eigenvalue weighted by Gasteiger charge is -2.26. The molecule has 1 atom stereocenters. The van der Waals surface area contributed by atoms with Crippen LogP contribution in [0.3, 0.4) is 0 Å². The summed E-state index contributed by atoms with van der Waals surface area (Å²) in [4.78, 5) is 13.2. The Labute approximate surface area is 191 Å². The van der Waals surface area contributed by atoms with Gasteiger partial charge < -0.3 is 5.32 Å². The second kappa shape index (κ2) is 9.57. The Balaban J connectivity index is 1.91. The van der Waals surface area contributed by atoms with Gasteiger partial charge in [-0.15, -0.1) is 0 Å². The lowest BCUT2D eigenvalue weighted by Crippen LogP contribution is -2.42. The molecule has 0 saturated carbocycles. The van der Waals surface area contributed by atoms with Crippen LogP contribution >= 0.6 is 0 Å². The summed E-state index contributed by atoms with van der Waals surface area (Å²) in [6.07, 6.45) is 0. The molecule has 3 rings (SSSR count). The van der Waals surface area contributed by atoms with Crippen LogP contribution in [0.25, 0.3) is 0 Å². The van der Waals surface area contributed by atoms with Crippen molar-refractivity contribution in [2.45, 2.75) is 45.6 Å². The molecule has 6 heteroatoms. The highest BCUT2D eigenvalue weighted by molar-refractivity contribution is 7.92. The van der Waals surface area contributed by atoms with Gasteiger partial charge in [0.25, 0.3) is 10.0 Å². The van der Waals surface area contributed by atoms with Gasteiger partial charge in [-0.2, -0.15) is 0 Å². The zero-order chi connectivity index (χ0) is 23.5. The normalized spacial score (nSPS) is 12.3. The van der Waals surface area contributed by atoms with Gasteiger partial charge in [0.2, 0.25) is 5.91 Å². The van der Waals surface area contributed by atoms with Crippen molar-refractivity contribution < 1.29 is 13.2 Å². The monoisotopic (exact) mass is 450 g/mol. The van der Waals surface area contributed by atoms with E-state index in [1.165, 1.54) is 4.31 Å². The smallest absolute Gasteiger partial charge is 0.264 e. The summed E-state index contributed by atoms with van der Waals surface area (Å²) in [6, 6.07) is 19.7. The minimum Gasteiger partial charge on any atom is -0.348 e. The van der Waals surface area contributed by atoms with Gasteiger partial charge in [0.15, 0.2) is 0 Å². The number of hydrogen-bond donors (Lipinski definition) is 1. The Bertz CT molecular complexity index is 1220. The lowest BCUT2D eigenvalue weighted by molar-refractivity contribution is -0.120. The summed E-state index contributed by atoms with van der Waals surface area (Å²) in [5.41, 5.74) is 5.47. The van der Waals surface area contributed by atoms with E-state index in [1.807, 2.05) is 58.9 Å². The van der Waals surface area contributed by atoms with Crippen molar-refractivity contribution in [3.8, 4) is 0 Å². The molecular formula is C26H30N2O3S. The van der Waals surface area contributed by atoms with Gasteiger partial charge in [-0.1, -0.05) is 59.7 Å². The van der Waals surface area contributed by atoms with E-state index < -0.39 is 10.0 Å². The van der Waals surface area contributed by atoms with Crippen LogP contribution < -0.4 is 9.62 Å². The van der Waals surface area contributed by atoms with Crippen molar-refractivity contribution in [1.82, 2.24) is 5.32 Å². The molecule has 0 aliphatic rings. The van der Waals surface area contributed by atoms with Crippen molar-refractivity contribution in [1.29, 1.82) is 0 Å². The molecule has 0 spiro atoms. The first-order valence-corrected chi connectivity index (χ1v) is 12.0. The molecule has 3 aromatic rings. The molecule has 0 heterocycles. The summed E-state index contributed by atoms with van der Waals surface area (Å²) in [5.74, 6) is -0.364. The number of para-hydroxylation sites is 1. The number of carbonyl (C=O) groups is 1. The van der Waals surface area contributed by atoms with Gasteiger partial charge in [0.1, 0.15) is 6.54 Å². The number of sulfonamides is 1. The number of hydrogen-bond acceptors (Lipinski definition) is 3. The first-order valence-electron chi connectivity index (χ1n) is 10.6. The molecule has 0 aliphatic carbocycles. The Hall–Kier alpha value is -3.12. The average Bonchev–Trinajstić information content (AvgIpc) is 2.72. The highest BCUT2D eigenvalue weighted by atomic mass is 32.2. The van der Waals surface area contributed by atoms with Crippen molar-refractivity contribution in [3.63, 3.8) is 0 Å². The summed E-state index contributed by atoms with van der Waals surface area (Å²) >= 11 is 0. The van der Waals surface area contributed by atoms with E-state index in [0.717, 1.165) is 27.8 Å². The molecule has 32 heavy (non-hydrogen) atoms. The van der Waals surface area contributed by atoms with Crippen LogP contribution in [0.5, 0.6) is 0 Å². The predicted octanol–water partition coefficient (Wildman–Crippen LogP) is 4.99. The van der Waals surface area contributed by atoms with Gasteiger partial charge in [-0.3, -0.25) is 9.10 Å². The number of benzene rings is 3. The van der Waals surface area contributed by atoms with E-state index >= 15 is 0 Å². The average molecular weight is 451 g/mol. The molecule has 5 nitrogen and oxygen atoms in total. The van der Waals surface area contributed by atoms with Crippen molar-refractivity contribution in [2.75, 3.05) is 10.8 Å². The highest BCUT2D eigenvalue weighted by Crippen LogP contribution is 2.27. The maximum Gasteiger partial charge on any atom is 0.264 e. The molecule has 0 bridgehead atoms. The fraction of sp³-hybridized carbons (Fsp3) is 0.269.